The van der Waals surface area contributed by atoms with Crippen LogP contribution < -0.4 is 0 Å². The highest BCUT2D eigenvalue weighted by atomic mass is 32.2. The van der Waals surface area contributed by atoms with E-state index in [2.05, 4.69) is 41.2 Å². The molecule has 0 aliphatic heterocycles. The standard InChI is InChI=1S/C19H20N2O2S2/c1-12-16(14-8-5-4-6-9-14)17-18(20-13(2)21-19(17)25-12)24-11-7-10-15(22)23-3/h4-6,8-9H,7,10-11H2,1-3H3. The number of methoxy groups -OCH3 is 1. The van der Waals surface area contributed by atoms with Crippen molar-refractivity contribution >= 4 is 39.3 Å². The van der Waals surface area contributed by atoms with Gasteiger partial charge in [-0.1, -0.05) is 30.3 Å². The van der Waals surface area contributed by atoms with Crippen LogP contribution >= 0.6 is 23.1 Å². The first-order valence-electron chi connectivity index (χ1n) is 8.13. The van der Waals surface area contributed by atoms with Gasteiger partial charge in [-0.15, -0.1) is 23.1 Å². The van der Waals surface area contributed by atoms with Crippen molar-refractivity contribution in [3.63, 3.8) is 0 Å². The Morgan fingerprint density at radius 3 is 2.68 bits per heavy atom. The monoisotopic (exact) mass is 372 g/mol. The third-order valence-corrected chi connectivity index (χ3v) is 5.92. The van der Waals surface area contributed by atoms with Crippen LogP contribution in [0.25, 0.3) is 21.3 Å². The average molecular weight is 373 g/mol. The van der Waals surface area contributed by atoms with Gasteiger partial charge in [0.05, 0.1) is 12.5 Å². The molecule has 0 amide bonds. The van der Waals surface area contributed by atoms with Crippen LogP contribution in [0, 0.1) is 13.8 Å². The molecule has 0 unspecified atom stereocenters. The van der Waals surface area contributed by atoms with Gasteiger partial charge in [0.1, 0.15) is 15.7 Å². The van der Waals surface area contributed by atoms with Crippen LogP contribution in [-0.2, 0) is 9.53 Å². The van der Waals surface area contributed by atoms with Crippen molar-refractivity contribution < 1.29 is 9.53 Å². The molecule has 25 heavy (non-hydrogen) atoms. The van der Waals surface area contributed by atoms with E-state index < -0.39 is 0 Å². The molecular weight excluding hydrogens is 352 g/mol. The van der Waals surface area contributed by atoms with Crippen LogP contribution in [0.5, 0.6) is 0 Å². The van der Waals surface area contributed by atoms with Crippen LogP contribution in [-0.4, -0.2) is 28.8 Å². The fourth-order valence-corrected chi connectivity index (χ4v) is 4.90. The minimum Gasteiger partial charge on any atom is -0.469 e. The zero-order valence-corrected chi connectivity index (χ0v) is 16.2. The fraction of sp³-hybridized carbons (Fsp3) is 0.316. The molecule has 0 aliphatic rings. The van der Waals surface area contributed by atoms with Crippen molar-refractivity contribution in [2.45, 2.75) is 31.7 Å². The van der Waals surface area contributed by atoms with Crippen molar-refractivity contribution in [2.75, 3.05) is 12.9 Å². The van der Waals surface area contributed by atoms with Crippen molar-refractivity contribution in [2.24, 2.45) is 0 Å². The number of aryl methyl sites for hydroxylation is 2. The van der Waals surface area contributed by atoms with Crippen LogP contribution in [0.2, 0.25) is 0 Å². The number of thiophene rings is 1. The van der Waals surface area contributed by atoms with Gasteiger partial charge in [0.25, 0.3) is 0 Å². The highest BCUT2D eigenvalue weighted by Gasteiger charge is 2.17. The quantitative estimate of drug-likeness (QED) is 0.263. The van der Waals surface area contributed by atoms with E-state index in [1.807, 2.05) is 13.0 Å². The smallest absolute Gasteiger partial charge is 0.305 e. The van der Waals surface area contributed by atoms with E-state index in [0.29, 0.717) is 6.42 Å². The molecule has 130 valence electrons. The number of hydrogen-bond acceptors (Lipinski definition) is 6. The van der Waals surface area contributed by atoms with Crippen LogP contribution in [0.15, 0.2) is 35.4 Å². The Labute approximate surface area is 155 Å². The molecule has 0 saturated carbocycles. The van der Waals surface area contributed by atoms with Crippen molar-refractivity contribution in [1.82, 2.24) is 9.97 Å². The summed E-state index contributed by atoms with van der Waals surface area (Å²) in [5.74, 6) is 1.44. The fourth-order valence-electron chi connectivity index (χ4n) is 2.73. The maximum Gasteiger partial charge on any atom is 0.305 e. The van der Waals surface area contributed by atoms with Gasteiger partial charge in [-0.05, 0) is 25.8 Å². The number of fused-ring (bicyclic) bond motifs is 1. The van der Waals surface area contributed by atoms with Gasteiger partial charge in [-0.25, -0.2) is 9.97 Å². The normalized spacial score (nSPS) is 11.0. The summed E-state index contributed by atoms with van der Waals surface area (Å²) >= 11 is 3.40. The summed E-state index contributed by atoms with van der Waals surface area (Å²) in [6.45, 7) is 4.06. The van der Waals surface area contributed by atoms with Gasteiger partial charge in [-0.2, -0.15) is 0 Å². The zero-order valence-electron chi connectivity index (χ0n) is 14.5. The number of nitrogens with zero attached hydrogens (tertiary/aromatic N) is 2. The third kappa shape index (κ3) is 4.02. The summed E-state index contributed by atoms with van der Waals surface area (Å²) in [5, 5.41) is 2.12. The summed E-state index contributed by atoms with van der Waals surface area (Å²) < 4.78 is 4.70. The molecule has 1 aromatic carbocycles. The van der Waals surface area contributed by atoms with Gasteiger partial charge in [0.2, 0.25) is 0 Å². The van der Waals surface area contributed by atoms with E-state index in [1.54, 1.807) is 23.1 Å². The maximum atomic E-state index is 11.3. The Hall–Kier alpha value is -1.92. The van der Waals surface area contributed by atoms with E-state index in [0.717, 1.165) is 33.2 Å². The largest absolute Gasteiger partial charge is 0.469 e. The molecule has 2 aromatic heterocycles. The minimum absolute atomic E-state index is 0.166. The molecule has 2 heterocycles. The SMILES string of the molecule is COC(=O)CCCSc1nc(C)nc2sc(C)c(-c3ccccc3)c12. The lowest BCUT2D eigenvalue weighted by Crippen LogP contribution is -2.00. The van der Waals surface area contributed by atoms with Crippen LogP contribution in [0.4, 0.5) is 0 Å². The number of hydrogen-bond donors (Lipinski definition) is 0. The van der Waals surface area contributed by atoms with Crippen LogP contribution in [0.3, 0.4) is 0 Å². The second kappa shape index (κ2) is 7.97. The maximum absolute atomic E-state index is 11.3. The van der Waals surface area contributed by atoms with E-state index in [1.165, 1.54) is 23.1 Å². The molecule has 0 radical (unpaired) electrons. The molecule has 0 N–H and O–H groups in total. The molecule has 4 nitrogen and oxygen atoms in total. The molecule has 0 saturated heterocycles. The Morgan fingerprint density at radius 1 is 1.20 bits per heavy atom. The van der Waals surface area contributed by atoms with Crippen molar-refractivity contribution in [3.8, 4) is 11.1 Å². The van der Waals surface area contributed by atoms with E-state index in [4.69, 9.17) is 4.74 Å². The number of carbonyl (C=O) groups is 1. The predicted octanol–water partition coefficient (Wildman–Crippen LogP) is 5.02. The second-order valence-electron chi connectivity index (χ2n) is 5.68. The molecule has 0 aliphatic carbocycles. The highest BCUT2D eigenvalue weighted by molar-refractivity contribution is 7.99. The number of carbonyl (C=O) groups excluding carboxylic acids is 1. The van der Waals surface area contributed by atoms with Gasteiger partial charge in [0.15, 0.2) is 0 Å². The number of rotatable bonds is 6. The Bertz CT molecular complexity index is 891. The summed E-state index contributed by atoms with van der Waals surface area (Å²) in [6, 6.07) is 10.4. The number of benzene rings is 1. The summed E-state index contributed by atoms with van der Waals surface area (Å²) in [7, 11) is 1.42. The van der Waals surface area contributed by atoms with Crippen LogP contribution in [0.1, 0.15) is 23.5 Å². The molecule has 3 rings (SSSR count). The number of esters is 1. The number of thioether (sulfide) groups is 1. The number of aromatic nitrogens is 2. The first-order chi connectivity index (χ1) is 12.1. The van der Waals surface area contributed by atoms with Gasteiger partial charge >= 0.3 is 5.97 Å². The molecule has 3 aromatic rings. The van der Waals surface area contributed by atoms with E-state index in [-0.39, 0.29) is 5.97 Å². The zero-order chi connectivity index (χ0) is 17.8. The second-order valence-corrected chi connectivity index (χ2v) is 7.97. The first kappa shape index (κ1) is 17.9. The Morgan fingerprint density at radius 2 is 1.96 bits per heavy atom. The lowest BCUT2D eigenvalue weighted by Gasteiger charge is -2.07. The third-order valence-electron chi connectivity index (χ3n) is 3.86. The first-order valence-corrected chi connectivity index (χ1v) is 9.93. The Balaban J connectivity index is 1.96. The molecule has 0 bridgehead atoms. The highest BCUT2D eigenvalue weighted by Crippen LogP contribution is 2.41. The van der Waals surface area contributed by atoms with Gasteiger partial charge in [0, 0.05) is 22.6 Å². The van der Waals surface area contributed by atoms with Crippen molar-refractivity contribution in [1.29, 1.82) is 0 Å². The summed E-state index contributed by atoms with van der Waals surface area (Å²) in [5.41, 5.74) is 2.41. The van der Waals surface area contributed by atoms with Crippen molar-refractivity contribution in [3.05, 3.63) is 41.0 Å². The van der Waals surface area contributed by atoms with E-state index >= 15 is 0 Å². The molecular formula is C19H20N2O2S2. The number of ether oxygens (including phenoxy) is 1. The summed E-state index contributed by atoms with van der Waals surface area (Å²) in [4.78, 5) is 22.9. The molecule has 0 atom stereocenters. The summed E-state index contributed by atoms with van der Waals surface area (Å²) in [6.07, 6.45) is 1.20. The predicted molar refractivity (Wildman–Crippen MR) is 104 cm³/mol. The topological polar surface area (TPSA) is 52.1 Å². The van der Waals surface area contributed by atoms with Gasteiger partial charge < -0.3 is 4.74 Å². The minimum atomic E-state index is -0.166. The van der Waals surface area contributed by atoms with Gasteiger partial charge in [-0.3, -0.25) is 4.79 Å². The average Bonchev–Trinajstić information content (AvgIpc) is 2.94. The molecule has 0 fully saturated rings. The lowest BCUT2D eigenvalue weighted by molar-refractivity contribution is -0.140. The molecule has 0 spiro atoms. The Kier molecular flexibility index (Phi) is 5.71. The lowest BCUT2D eigenvalue weighted by atomic mass is 10.0. The molecule has 6 heteroatoms. The van der Waals surface area contributed by atoms with E-state index in [9.17, 15) is 4.79 Å².